The van der Waals surface area contributed by atoms with Crippen LogP contribution in [0.25, 0.3) is 10.9 Å². The Morgan fingerprint density at radius 3 is 1.81 bits per heavy atom. The molecule has 14 N–H and O–H groups in total. The molecule has 19 nitrogen and oxygen atoms in total. The van der Waals surface area contributed by atoms with Gasteiger partial charge in [0.15, 0.2) is 0 Å². The number of primary amides is 2. The summed E-state index contributed by atoms with van der Waals surface area (Å²) in [6.45, 7) is 1.66. The molecule has 0 aliphatic carbocycles. The van der Waals surface area contributed by atoms with Crippen LogP contribution >= 0.6 is 0 Å². The normalized spacial score (nSPS) is 14.7. The van der Waals surface area contributed by atoms with Gasteiger partial charge in [-0.15, -0.1) is 0 Å². The van der Waals surface area contributed by atoms with Crippen molar-refractivity contribution in [3.63, 3.8) is 0 Å². The molecule has 0 unspecified atom stereocenters. The Bertz CT molecular complexity index is 1510. The Balaban J connectivity index is 2.11. The first-order valence-corrected chi connectivity index (χ1v) is 14.3. The maximum absolute atomic E-state index is 13.2. The molecule has 47 heavy (non-hydrogen) atoms. The van der Waals surface area contributed by atoms with E-state index in [0.717, 1.165) is 10.9 Å². The summed E-state index contributed by atoms with van der Waals surface area (Å²) in [5.41, 5.74) is 17.0. The Morgan fingerprint density at radius 1 is 0.723 bits per heavy atom. The monoisotopic (exact) mass is 661 g/mol. The number of hydrogen-bond donors (Lipinski definition) is 11. The van der Waals surface area contributed by atoms with Crippen molar-refractivity contribution >= 4 is 58.2 Å². The second-order valence-electron chi connectivity index (χ2n) is 10.7. The van der Waals surface area contributed by atoms with E-state index < -0.39 is 103 Å². The van der Waals surface area contributed by atoms with Gasteiger partial charge in [0, 0.05) is 23.5 Å². The number of aromatic amines is 1. The lowest BCUT2D eigenvalue weighted by Crippen LogP contribution is -2.59. The largest absolute Gasteiger partial charge is 0.480 e. The van der Waals surface area contributed by atoms with Gasteiger partial charge in [-0.2, -0.15) is 0 Å². The summed E-state index contributed by atoms with van der Waals surface area (Å²) in [5.74, 6) is -7.96. The molecule has 0 aliphatic rings. The summed E-state index contributed by atoms with van der Waals surface area (Å²) in [7, 11) is 0. The van der Waals surface area contributed by atoms with Gasteiger partial charge < -0.3 is 59.0 Å². The van der Waals surface area contributed by atoms with E-state index in [9.17, 15) is 48.6 Å². The number of aliphatic hydroxyl groups excluding tert-OH is 1. The molecular weight excluding hydrogens is 622 g/mol. The number of aromatic nitrogens is 1. The van der Waals surface area contributed by atoms with Crippen LogP contribution in [0.3, 0.4) is 0 Å². The van der Waals surface area contributed by atoms with Gasteiger partial charge in [0.05, 0.1) is 25.5 Å². The van der Waals surface area contributed by atoms with Gasteiger partial charge in [-0.1, -0.05) is 18.2 Å². The number of carbonyl (C=O) groups is 8. The third-order valence-corrected chi connectivity index (χ3v) is 6.83. The van der Waals surface area contributed by atoms with Crippen molar-refractivity contribution in [2.75, 3.05) is 6.61 Å². The average molecular weight is 662 g/mol. The van der Waals surface area contributed by atoms with Crippen LogP contribution in [0.2, 0.25) is 0 Å². The van der Waals surface area contributed by atoms with Crippen molar-refractivity contribution < 1.29 is 48.6 Å². The summed E-state index contributed by atoms with van der Waals surface area (Å²) in [5, 5.41) is 31.1. The maximum Gasteiger partial charge on any atom is 0.326 e. The summed E-state index contributed by atoms with van der Waals surface area (Å²) in [4.78, 5) is 101. The number of carboxylic acid groups (broad SMARTS) is 1. The molecule has 0 radical (unpaired) electrons. The zero-order chi connectivity index (χ0) is 35.4. The fraction of sp³-hybridized carbons (Fsp3) is 0.429. The van der Waals surface area contributed by atoms with Crippen LogP contribution in [0, 0.1) is 0 Å². The molecular formula is C28H39N9O10. The molecule has 6 atom stereocenters. The Labute approximate surface area is 267 Å². The zero-order valence-corrected chi connectivity index (χ0v) is 25.6. The highest BCUT2D eigenvalue weighted by molar-refractivity contribution is 5.97. The molecule has 1 aromatic carbocycles. The number of benzene rings is 1. The number of para-hydroxylation sites is 1. The highest BCUT2D eigenvalue weighted by atomic mass is 16.4. The van der Waals surface area contributed by atoms with Crippen molar-refractivity contribution in [1.82, 2.24) is 31.6 Å². The summed E-state index contributed by atoms with van der Waals surface area (Å²) in [6.07, 6.45) is 0.279. The predicted molar refractivity (Wildman–Crippen MR) is 163 cm³/mol. The first kappa shape index (κ1) is 37.6. The van der Waals surface area contributed by atoms with E-state index in [0.29, 0.717) is 5.56 Å². The van der Waals surface area contributed by atoms with Gasteiger partial charge in [0.25, 0.3) is 0 Å². The minimum absolute atomic E-state index is 0.116. The number of hydrogen-bond acceptors (Lipinski definition) is 10. The SMILES string of the molecule is C[C@H](NC(=O)[C@H](C)NC(=O)[C@H](CO)NC(=O)[C@@H](N)CC(N)=O)C(=O)N[C@@H](Cc1c[nH]c2ccccc12)C(=O)N[C@@H](CC(N)=O)C(=O)O. The molecule has 1 aromatic heterocycles. The number of rotatable bonds is 18. The zero-order valence-electron chi connectivity index (χ0n) is 25.6. The van der Waals surface area contributed by atoms with Crippen molar-refractivity contribution in [2.45, 2.75) is 69.4 Å². The van der Waals surface area contributed by atoms with Gasteiger partial charge in [0.2, 0.25) is 41.4 Å². The topological polar surface area (TPSA) is 331 Å². The number of fused-ring (bicyclic) bond motifs is 1. The van der Waals surface area contributed by atoms with Crippen molar-refractivity contribution in [3.8, 4) is 0 Å². The minimum atomic E-state index is -1.67. The predicted octanol–water partition coefficient (Wildman–Crippen LogP) is -4.67. The minimum Gasteiger partial charge on any atom is -0.480 e. The van der Waals surface area contributed by atoms with Crippen LogP contribution in [-0.4, -0.2) is 105 Å². The standard InChI is InChI=1S/C28H39N9O10/c1-12(34-27(45)20(11-38)37-25(43)16(29)8-21(30)39)23(41)33-13(2)24(42)35-18(26(44)36-19(28(46)47)9-22(31)40)7-14-10-32-17-6-4-3-5-15(14)17/h3-6,10,12-13,16,18-20,32,38H,7-9,11,29H2,1-2H3,(H2,30,39)(H2,31,40)(H,33,41)(H,34,45)(H,35,42)(H,36,44)(H,37,43)(H,46,47)/t12-,13-,16-,18-,19-,20-/m0/s1. The molecule has 2 rings (SSSR count). The molecule has 0 fully saturated rings. The summed E-state index contributed by atoms with van der Waals surface area (Å²) >= 11 is 0. The molecule has 0 aliphatic heterocycles. The number of nitrogens with two attached hydrogens (primary N) is 3. The lowest BCUT2D eigenvalue weighted by molar-refractivity contribution is -0.143. The van der Waals surface area contributed by atoms with Crippen LogP contribution in [-0.2, 0) is 44.8 Å². The summed E-state index contributed by atoms with van der Waals surface area (Å²) < 4.78 is 0. The molecule has 7 amide bonds. The number of aliphatic carboxylic acids is 1. The molecule has 2 aromatic rings. The third kappa shape index (κ3) is 11.4. The molecule has 0 saturated carbocycles. The number of nitrogens with one attached hydrogen (secondary N) is 6. The lowest BCUT2D eigenvalue weighted by atomic mass is 10.0. The number of H-pyrrole nitrogens is 1. The van der Waals surface area contributed by atoms with Crippen molar-refractivity contribution in [3.05, 3.63) is 36.0 Å². The smallest absolute Gasteiger partial charge is 0.326 e. The highest BCUT2D eigenvalue weighted by Gasteiger charge is 2.31. The number of aliphatic hydroxyl groups is 1. The Hall–Kier alpha value is -5.56. The number of carboxylic acids is 1. The number of amides is 7. The van der Waals surface area contributed by atoms with Crippen LogP contribution < -0.4 is 43.8 Å². The second-order valence-corrected chi connectivity index (χ2v) is 10.7. The molecule has 256 valence electrons. The fourth-order valence-electron chi connectivity index (χ4n) is 4.27. The number of carbonyl (C=O) groups excluding carboxylic acids is 7. The maximum atomic E-state index is 13.2. The van der Waals surface area contributed by atoms with E-state index in [1.54, 1.807) is 30.5 Å². The van der Waals surface area contributed by atoms with E-state index in [-0.39, 0.29) is 6.42 Å². The first-order chi connectivity index (χ1) is 22.0. The lowest BCUT2D eigenvalue weighted by Gasteiger charge is -2.24. The summed E-state index contributed by atoms with van der Waals surface area (Å²) in [6, 6.07) is -1.45. The van der Waals surface area contributed by atoms with Crippen LogP contribution in [0.15, 0.2) is 30.5 Å². The van der Waals surface area contributed by atoms with Crippen LogP contribution in [0.4, 0.5) is 0 Å². The second kappa shape index (κ2) is 17.2. The van der Waals surface area contributed by atoms with Gasteiger partial charge in [-0.25, -0.2) is 4.79 Å². The molecule has 19 heteroatoms. The quantitative estimate of drug-likeness (QED) is 0.0721. The Kier molecular flexibility index (Phi) is 13.8. The molecule has 1 heterocycles. The average Bonchev–Trinajstić information content (AvgIpc) is 3.40. The van der Waals surface area contributed by atoms with E-state index in [1.807, 2.05) is 0 Å². The highest BCUT2D eigenvalue weighted by Crippen LogP contribution is 2.19. The van der Waals surface area contributed by atoms with E-state index in [2.05, 4.69) is 31.6 Å². The fourth-order valence-corrected chi connectivity index (χ4v) is 4.27. The Morgan fingerprint density at radius 2 is 1.23 bits per heavy atom. The van der Waals surface area contributed by atoms with Gasteiger partial charge in [-0.05, 0) is 25.5 Å². The van der Waals surface area contributed by atoms with E-state index >= 15 is 0 Å². The molecule has 0 bridgehead atoms. The molecule has 0 spiro atoms. The van der Waals surface area contributed by atoms with Crippen molar-refractivity contribution in [1.29, 1.82) is 0 Å². The first-order valence-electron chi connectivity index (χ1n) is 14.3. The van der Waals surface area contributed by atoms with Gasteiger partial charge in [0.1, 0.15) is 30.2 Å². The van der Waals surface area contributed by atoms with Crippen LogP contribution in [0.5, 0.6) is 0 Å². The van der Waals surface area contributed by atoms with Gasteiger partial charge >= 0.3 is 5.97 Å². The van der Waals surface area contributed by atoms with Crippen LogP contribution in [0.1, 0.15) is 32.3 Å². The third-order valence-electron chi connectivity index (χ3n) is 6.83. The molecule has 0 saturated heterocycles. The van der Waals surface area contributed by atoms with Gasteiger partial charge in [-0.3, -0.25) is 33.6 Å². The van der Waals surface area contributed by atoms with E-state index in [4.69, 9.17) is 17.2 Å². The van der Waals surface area contributed by atoms with Crippen molar-refractivity contribution in [2.24, 2.45) is 17.2 Å². The van der Waals surface area contributed by atoms with E-state index in [1.165, 1.54) is 13.8 Å².